The van der Waals surface area contributed by atoms with Gasteiger partial charge in [-0.15, -0.1) is 0 Å². The van der Waals surface area contributed by atoms with E-state index in [2.05, 4.69) is 15.3 Å². The number of benzene rings is 3. The predicted octanol–water partition coefficient (Wildman–Crippen LogP) is 9.45. The second-order valence-corrected chi connectivity index (χ2v) is 18.3. The SMILES string of the molecule is COc1ccc(CN(Cc2ccc(OC)cc2)c2cc(-c3nc4c(c(NCc5ccc(CO)nc5)c3F)C(=O)N3C[C@H]5CC[C@@H]([C@H]3[C@H](C)O4)N5C(=O)OC(C)(C)C)c(C(F)(F)F)c(C)c2F)cc1. The Hall–Kier alpha value is -6.69. The number of aliphatic hydroxyl groups excluding tert-OH is 1. The largest absolute Gasteiger partial charge is 0.497 e. The molecule has 4 atom stereocenters. The van der Waals surface area contributed by atoms with Crippen LogP contribution in [-0.4, -0.2) is 87.5 Å². The van der Waals surface area contributed by atoms with Crippen LogP contribution in [0, 0.1) is 18.6 Å². The standard InChI is InChI=1S/C50H53F5N6O7/c1-27-40(50(53,54)55)36(20-38(41(27)51)59(23-29-9-15-34(65-6)16-10-29)24-30-11-17-35(66-7)18-12-30)43-42(52)44(57-22-31-8-13-32(26-62)56-21-31)39-46(58-43)67-28(2)45-37-19-14-33(25-60(45)47(39)63)61(37)48(64)68-49(3,4)5/h8-13,15-18,20-21,28,33,37,45,62H,14,19,22-26H2,1-7H3,(H,57,58)/t28-,33+,37-,45+/m0/s1. The first-order valence-corrected chi connectivity index (χ1v) is 22.2. The number of rotatable bonds is 12. The van der Waals surface area contributed by atoms with Gasteiger partial charge in [0.2, 0.25) is 5.88 Å². The van der Waals surface area contributed by atoms with E-state index >= 15 is 26.7 Å². The summed E-state index contributed by atoms with van der Waals surface area (Å²) in [5.41, 5.74) is -3.69. The number of ether oxygens (including phenoxy) is 4. The Morgan fingerprint density at radius 2 is 1.54 bits per heavy atom. The Morgan fingerprint density at radius 1 is 0.926 bits per heavy atom. The summed E-state index contributed by atoms with van der Waals surface area (Å²) >= 11 is 0. The number of hydrogen-bond donors (Lipinski definition) is 2. The molecule has 3 aliphatic rings. The lowest BCUT2D eigenvalue weighted by atomic mass is 9.94. The fraction of sp³-hybridized carbons (Fsp3) is 0.400. The number of fused-ring (bicyclic) bond motifs is 5. The number of nitrogens with zero attached hydrogens (tertiary/aromatic N) is 5. The summed E-state index contributed by atoms with van der Waals surface area (Å²) in [6.45, 7) is 7.43. The van der Waals surface area contributed by atoms with Crippen LogP contribution in [0.1, 0.15) is 84.4 Å². The van der Waals surface area contributed by atoms with Crippen molar-refractivity contribution >= 4 is 23.4 Å². The zero-order valence-corrected chi connectivity index (χ0v) is 38.7. The molecular weight excluding hydrogens is 892 g/mol. The van der Waals surface area contributed by atoms with Gasteiger partial charge >= 0.3 is 12.3 Å². The molecule has 2 amide bonds. The van der Waals surface area contributed by atoms with E-state index in [1.54, 1.807) is 98.2 Å². The number of amides is 2. The van der Waals surface area contributed by atoms with Gasteiger partial charge in [-0.25, -0.2) is 18.6 Å². The number of halogens is 5. The predicted molar refractivity (Wildman–Crippen MR) is 242 cm³/mol. The van der Waals surface area contributed by atoms with E-state index in [9.17, 15) is 9.90 Å². The molecule has 3 aromatic carbocycles. The Labute approximate surface area is 390 Å². The van der Waals surface area contributed by atoms with Crippen LogP contribution < -0.4 is 24.4 Å². The smallest absolute Gasteiger partial charge is 0.417 e. The molecule has 2 fully saturated rings. The lowest BCUT2D eigenvalue weighted by Crippen LogP contribution is -2.65. The van der Waals surface area contributed by atoms with Crippen molar-refractivity contribution < 1.29 is 55.6 Å². The van der Waals surface area contributed by atoms with Crippen molar-refractivity contribution in [3.05, 3.63) is 124 Å². The number of aromatic nitrogens is 2. The van der Waals surface area contributed by atoms with Gasteiger partial charge in [-0.2, -0.15) is 13.2 Å². The van der Waals surface area contributed by atoms with Crippen molar-refractivity contribution in [2.24, 2.45) is 0 Å². The van der Waals surface area contributed by atoms with E-state index in [0.717, 1.165) is 13.0 Å². The second-order valence-electron chi connectivity index (χ2n) is 18.3. The van der Waals surface area contributed by atoms with Crippen LogP contribution in [0.25, 0.3) is 11.3 Å². The summed E-state index contributed by atoms with van der Waals surface area (Å²) in [6, 6.07) is 16.1. The number of nitrogens with one attached hydrogen (secondary N) is 1. The number of pyridine rings is 2. The molecule has 8 rings (SSSR count). The number of methoxy groups -OCH3 is 2. The molecule has 13 nitrogen and oxygen atoms in total. The zero-order chi connectivity index (χ0) is 48.8. The Balaban J connectivity index is 1.30. The fourth-order valence-corrected chi connectivity index (χ4v) is 9.46. The lowest BCUT2D eigenvalue weighted by Gasteiger charge is -2.47. The van der Waals surface area contributed by atoms with Gasteiger partial charge in [-0.3, -0.25) is 14.7 Å². The van der Waals surface area contributed by atoms with Crippen molar-refractivity contribution in [1.82, 2.24) is 19.8 Å². The third-order valence-corrected chi connectivity index (χ3v) is 12.6. The van der Waals surface area contributed by atoms with E-state index in [1.165, 1.54) is 25.3 Å². The van der Waals surface area contributed by atoms with Crippen LogP contribution in [0.2, 0.25) is 0 Å². The minimum absolute atomic E-state index is 0.00201. The Morgan fingerprint density at radius 3 is 2.09 bits per heavy atom. The van der Waals surface area contributed by atoms with Crippen molar-refractivity contribution in [2.45, 2.75) is 110 Å². The van der Waals surface area contributed by atoms with E-state index in [4.69, 9.17) is 18.9 Å². The van der Waals surface area contributed by atoms with Gasteiger partial charge < -0.3 is 39.2 Å². The highest BCUT2D eigenvalue weighted by Crippen LogP contribution is 2.48. The van der Waals surface area contributed by atoms with Gasteiger partial charge in [0.15, 0.2) is 5.82 Å². The highest BCUT2D eigenvalue weighted by Gasteiger charge is 2.55. The topological polar surface area (TPSA) is 139 Å². The van der Waals surface area contributed by atoms with Crippen LogP contribution in [-0.2, 0) is 37.2 Å². The van der Waals surface area contributed by atoms with E-state index in [1.807, 2.05) is 0 Å². The van der Waals surface area contributed by atoms with Crippen LogP contribution >= 0.6 is 0 Å². The summed E-state index contributed by atoms with van der Waals surface area (Å²) in [6.07, 6.45) is -4.22. The van der Waals surface area contributed by atoms with Gasteiger partial charge in [0, 0.05) is 37.9 Å². The molecule has 0 saturated carbocycles. The van der Waals surface area contributed by atoms with Gasteiger partial charge in [-0.05, 0) is 106 Å². The third kappa shape index (κ3) is 9.42. The molecule has 2 bridgehead atoms. The maximum Gasteiger partial charge on any atom is 0.417 e. The summed E-state index contributed by atoms with van der Waals surface area (Å²) in [7, 11) is 3.01. The minimum Gasteiger partial charge on any atom is -0.497 e. The molecule has 360 valence electrons. The first kappa shape index (κ1) is 47.8. The summed E-state index contributed by atoms with van der Waals surface area (Å²) < 4.78 is 104. The molecule has 2 saturated heterocycles. The van der Waals surface area contributed by atoms with Crippen molar-refractivity contribution in [3.8, 4) is 28.6 Å². The molecule has 0 aliphatic carbocycles. The molecule has 3 aliphatic heterocycles. The number of carbonyl (C=O) groups is 2. The fourth-order valence-electron chi connectivity index (χ4n) is 9.46. The summed E-state index contributed by atoms with van der Waals surface area (Å²) in [5.74, 6) is -2.55. The molecule has 0 unspecified atom stereocenters. The first-order valence-electron chi connectivity index (χ1n) is 22.2. The molecule has 2 N–H and O–H groups in total. The lowest BCUT2D eigenvalue weighted by molar-refractivity contribution is -0.137. The highest BCUT2D eigenvalue weighted by atomic mass is 19.4. The van der Waals surface area contributed by atoms with Crippen LogP contribution in [0.5, 0.6) is 17.4 Å². The molecule has 2 aromatic heterocycles. The minimum atomic E-state index is -5.22. The molecule has 5 heterocycles. The molecule has 18 heteroatoms. The maximum absolute atomic E-state index is 17.9. The second kappa shape index (κ2) is 18.8. The van der Waals surface area contributed by atoms with Crippen molar-refractivity contribution in [3.63, 3.8) is 0 Å². The molecule has 68 heavy (non-hydrogen) atoms. The van der Waals surface area contributed by atoms with Crippen LogP contribution in [0.4, 0.5) is 38.1 Å². The summed E-state index contributed by atoms with van der Waals surface area (Å²) in [5, 5.41) is 12.5. The summed E-state index contributed by atoms with van der Waals surface area (Å²) in [4.78, 5) is 42.0. The molecular formula is C50H53F5N6O7. The molecule has 0 radical (unpaired) electrons. The van der Waals surface area contributed by atoms with E-state index in [-0.39, 0.29) is 44.0 Å². The normalized spacial score (nSPS) is 18.9. The number of anilines is 2. The number of carbonyl (C=O) groups excluding carboxylic acids is 2. The average molecular weight is 945 g/mol. The van der Waals surface area contributed by atoms with Gasteiger partial charge in [0.05, 0.1) is 61.6 Å². The molecule has 0 spiro atoms. The average Bonchev–Trinajstić information content (AvgIpc) is 3.56. The number of piperazine rings is 1. The van der Waals surface area contributed by atoms with Crippen LogP contribution in [0.15, 0.2) is 72.9 Å². The maximum atomic E-state index is 17.9. The zero-order valence-electron chi connectivity index (χ0n) is 38.7. The van der Waals surface area contributed by atoms with Gasteiger partial charge in [-0.1, -0.05) is 30.3 Å². The van der Waals surface area contributed by atoms with E-state index < -0.39 is 93.6 Å². The Bertz CT molecular complexity index is 2630. The van der Waals surface area contributed by atoms with Crippen LogP contribution in [0.3, 0.4) is 0 Å². The number of hydrogen-bond acceptors (Lipinski definition) is 11. The van der Waals surface area contributed by atoms with Gasteiger partial charge in [0.1, 0.15) is 40.3 Å². The quantitative estimate of drug-likeness (QED) is 0.116. The van der Waals surface area contributed by atoms with Crippen molar-refractivity contribution in [1.29, 1.82) is 0 Å². The first-order chi connectivity index (χ1) is 32.3. The molecule has 5 aromatic rings. The van der Waals surface area contributed by atoms with E-state index in [0.29, 0.717) is 46.7 Å². The Kier molecular flexibility index (Phi) is 13.2. The van der Waals surface area contributed by atoms with Crippen molar-refractivity contribution in [2.75, 3.05) is 31.0 Å². The monoisotopic (exact) mass is 944 g/mol. The van der Waals surface area contributed by atoms with Gasteiger partial charge in [0.25, 0.3) is 5.91 Å². The third-order valence-electron chi connectivity index (χ3n) is 12.6. The highest BCUT2D eigenvalue weighted by molar-refractivity contribution is 6.03. The number of aliphatic hydroxyl groups is 1. The number of alkyl halides is 3.